The van der Waals surface area contributed by atoms with Gasteiger partial charge in [-0.3, -0.25) is 9.63 Å². The number of hydroxylamine groups is 1. The van der Waals surface area contributed by atoms with E-state index in [0.717, 1.165) is 18.5 Å². The van der Waals surface area contributed by atoms with E-state index in [0.29, 0.717) is 18.4 Å². The number of allylic oxidation sites excluding steroid dienone is 2. The summed E-state index contributed by atoms with van der Waals surface area (Å²) in [5, 5.41) is 1.49. The largest absolute Gasteiger partial charge is 0.272 e. The van der Waals surface area contributed by atoms with Crippen LogP contribution in [-0.2, 0) is 9.63 Å². The van der Waals surface area contributed by atoms with Crippen molar-refractivity contribution in [1.82, 2.24) is 0 Å². The number of nitrogens with zero attached hydrogens (tertiary/aromatic N) is 1. The SMILES string of the molecule is CCON(C(=O)[C@@H]1C[C@@H]2C=C[C@H]1C2)c1ccccc1. The Bertz CT molecular complexity index is 483. The Morgan fingerprint density at radius 2 is 2.05 bits per heavy atom. The molecule has 0 unspecified atom stereocenters. The Morgan fingerprint density at radius 1 is 1.26 bits per heavy atom. The zero-order chi connectivity index (χ0) is 13.2. The van der Waals surface area contributed by atoms with Crippen molar-refractivity contribution in [2.24, 2.45) is 17.8 Å². The van der Waals surface area contributed by atoms with E-state index in [1.165, 1.54) is 5.06 Å². The van der Waals surface area contributed by atoms with Crippen LogP contribution < -0.4 is 5.06 Å². The first-order valence-corrected chi connectivity index (χ1v) is 7.00. The third-order valence-corrected chi connectivity index (χ3v) is 4.05. The summed E-state index contributed by atoms with van der Waals surface area (Å²) in [6.45, 7) is 2.40. The molecule has 100 valence electrons. The summed E-state index contributed by atoms with van der Waals surface area (Å²) >= 11 is 0. The molecule has 0 saturated heterocycles. The normalized spacial score (nSPS) is 27.7. The molecule has 3 atom stereocenters. The van der Waals surface area contributed by atoms with Gasteiger partial charge in [0.15, 0.2) is 0 Å². The molecule has 1 fully saturated rings. The molecule has 0 aromatic heterocycles. The van der Waals surface area contributed by atoms with Gasteiger partial charge in [-0.2, -0.15) is 5.06 Å². The van der Waals surface area contributed by atoms with Crippen molar-refractivity contribution in [2.75, 3.05) is 11.7 Å². The Kier molecular flexibility index (Phi) is 3.38. The number of carbonyl (C=O) groups is 1. The average molecular weight is 257 g/mol. The minimum atomic E-state index is 0.0850. The number of anilines is 1. The molecule has 2 aliphatic carbocycles. The second-order valence-electron chi connectivity index (χ2n) is 5.27. The van der Waals surface area contributed by atoms with Crippen LogP contribution in [0, 0.1) is 17.8 Å². The number of hydrogen-bond acceptors (Lipinski definition) is 2. The van der Waals surface area contributed by atoms with Crippen LogP contribution in [0.3, 0.4) is 0 Å². The lowest BCUT2D eigenvalue weighted by molar-refractivity contribution is -0.130. The van der Waals surface area contributed by atoms with Gasteiger partial charge >= 0.3 is 0 Å². The molecular formula is C16H19NO2. The monoisotopic (exact) mass is 257 g/mol. The Balaban J connectivity index is 1.81. The lowest BCUT2D eigenvalue weighted by Crippen LogP contribution is -2.38. The van der Waals surface area contributed by atoms with Crippen molar-refractivity contribution in [3.63, 3.8) is 0 Å². The van der Waals surface area contributed by atoms with Crippen LogP contribution in [0.15, 0.2) is 42.5 Å². The highest BCUT2D eigenvalue weighted by molar-refractivity contribution is 5.93. The van der Waals surface area contributed by atoms with Crippen LogP contribution >= 0.6 is 0 Å². The molecule has 0 aliphatic heterocycles. The van der Waals surface area contributed by atoms with Gasteiger partial charge < -0.3 is 0 Å². The number of para-hydroxylation sites is 1. The predicted molar refractivity (Wildman–Crippen MR) is 74.4 cm³/mol. The van der Waals surface area contributed by atoms with Gasteiger partial charge in [-0.25, -0.2) is 0 Å². The van der Waals surface area contributed by atoms with Crippen molar-refractivity contribution in [3.05, 3.63) is 42.5 Å². The molecule has 19 heavy (non-hydrogen) atoms. The van der Waals surface area contributed by atoms with Gasteiger partial charge in [0, 0.05) is 5.92 Å². The summed E-state index contributed by atoms with van der Waals surface area (Å²) in [5.41, 5.74) is 0.820. The molecule has 2 aliphatic rings. The van der Waals surface area contributed by atoms with E-state index in [-0.39, 0.29) is 11.8 Å². The molecule has 0 spiro atoms. The van der Waals surface area contributed by atoms with Gasteiger partial charge in [0.05, 0.1) is 12.3 Å². The van der Waals surface area contributed by atoms with Crippen LogP contribution in [-0.4, -0.2) is 12.5 Å². The summed E-state index contributed by atoms with van der Waals surface area (Å²) in [6.07, 6.45) is 6.55. The van der Waals surface area contributed by atoms with E-state index in [1.807, 2.05) is 37.3 Å². The zero-order valence-corrected chi connectivity index (χ0v) is 11.2. The molecule has 1 aromatic rings. The van der Waals surface area contributed by atoms with Gasteiger partial charge in [0.25, 0.3) is 5.91 Å². The molecule has 1 saturated carbocycles. The van der Waals surface area contributed by atoms with E-state index >= 15 is 0 Å². The first-order chi connectivity index (χ1) is 9.29. The minimum Gasteiger partial charge on any atom is -0.272 e. The molecule has 0 heterocycles. The molecule has 1 amide bonds. The molecule has 3 rings (SSSR count). The Morgan fingerprint density at radius 3 is 2.63 bits per heavy atom. The predicted octanol–water partition coefficient (Wildman–Crippen LogP) is 3.18. The highest BCUT2D eigenvalue weighted by Gasteiger charge is 2.42. The fourth-order valence-corrected chi connectivity index (χ4v) is 3.17. The van der Waals surface area contributed by atoms with E-state index in [1.54, 1.807) is 0 Å². The fraction of sp³-hybridized carbons (Fsp3) is 0.438. The summed E-state index contributed by atoms with van der Waals surface area (Å²) in [7, 11) is 0. The maximum atomic E-state index is 12.7. The standard InChI is InChI=1S/C16H19NO2/c1-2-19-17(14-6-4-3-5-7-14)16(18)15-11-12-8-9-13(15)10-12/h3-9,12-13,15H,2,10-11H2,1H3/t12-,13+,15-/m1/s1. The van der Waals surface area contributed by atoms with Crippen LogP contribution in [0.5, 0.6) is 0 Å². The summed E-state index contributed by atoms with van der Waals surface area (Å²) in [6, 6.07) is 9.62. The lowest BCUT2D eigenvalue weighted by atomic mass is 9.92. The first-order valence-electron chi connectivity index (χ1n) is 7.00. The van der Waals surface area contributed by atoms with Crippen molar-refractivity contribution in [2.45, 2.75) is 19.8 Å². The third kappa shape index (κ3) is 2.30. The number of benzene rings is 1. The first kappa shape index (κ1) is 12.4. The average Bonchev–Trinajstić information content (AvgIpc) is 3.07. The number of amides is 1. The molecule has 0 radical (unpaired) electrons. The topological polar surface area (TPSA) is 29.5 Å². The third-order valence-electron chi connectivity index (χ3n) is 4.05. The summed E-state index contributed by atoms with van der Waals surface area (Å²) in [4.78, 5) is 18.3. The Hall–Kier alpha value is -1.61. The van der Waals surface area contributed by atoms with Gasteiger partial charge in [-0.15, -0.1) is 0 Å². The highest BCUT2D eigenvalue weighted by Crippen LogP contribution is 2.44. The number of rotatable bonds is 4. The molecule has 3 nitrogen and oxygen atoms in total. The smallest absolute Gasteiger partial charge is 0.254 e. The lowest BCUT2D eigenvalue weighted by Gasteiger charge is -2.26. The van der Waals surface area contributed by atoms with Crippen LogP contribution in [0.2, 0.25) is 0 Å². The van der Waals surface area contributed by atoms with Crippen LogP contribution in [0.1, 0.15) is 19.8 Å². The maximum absolute atomic E-state index is 12.7. The minimum absolute atomic E-state index is 0.0850. The van der Waals surface area contributed by atoms with Crippen molar-refractivity contribution in [3.8, 4) is 0 Å². The Labute approximate surface area is 113 Å². The zero-order valence-electron chi connectivity index (χ0n) is 11.2. The second kappa shape index (κ2) is 5.17. The number of hydrogen-bond donors (Lipinski definition) is 0. The van der Waals surface area contributed by atoms with E-state index in [4.69, 9.17) is 4.84 Å². The van der Waals surface area contributed by atoms with Crippen LogP contribution in [0.4, 0.5) is 5.69 Å². The quantitative estimate of drug-likeness (QED) is 0.612. The van der Waals surface area contributed by atoms with Gasteiger partial charge in [-0.1, -0.05) is 30.4 Å². The van der Waals surface area contributed by atoms with Crippen molar-refractivity contribution >= 4 is 11.6 Å². The molecule has 2 bridgehead atoms. The summed E-state index contributed by atoms with van der Waals surface area (Å²) in [5.74, 6) is 1.19. The fourth-order valence-electron chi connectivity index (χ4n) is 3.17. The van der Waals surface area contributed by atoms with Gasteiger partial charge in [0.1, 0.15) is 0 Å². The van der Waals surface area contributed by atoms with E-state index in [2.05, 4.69) is 12.2 Å². The molecule has 3 heteroatoms. The number of fused-ring (bicyclic) bond motifs is 2. The summed E-state index contributed by atoms with van der Waals surface area (Å²) < 4.78 is 0. The number of carbonyl (C=O) groups excluding carboxylic acids is 1. The highest BCUT2D eigenvalue weighted by atomic mass is 16.7. The van der Waals surface area contributed by atoms with E-state index in [9.17, 15) is 4.79 Å². The maximum Gasteiger partial charge on any atom is 0.254 e. The van der Waals surface area contributed by atoms with Crippen molar-refractivity contribution in [1.29, 1.82) is 0 Å². The van der Waals surface area contributed by atoms with Gasteiger partial charge in [-0.05, 0) is 43.7 Å². The molecule has 0 N–H and O–H groups in total. The van der Waals surface area contributed by atoms with E-state index < -0.39 is 0 Å². The van der Waals surface area contributed by atoms with Crippen molar-refractivity contribution < 1.29 is 9.63 Å². The molecular weight excluding hydrogens is 238 g/mol. The second-order valence-corrected chi connectivity index (χ2v) is 5.27. The van der Waals surface area contributed by atoms with Gasteiger partial charge in [0.2, 0.25) is 0 Å². The van der Waals surface area contributed by atoms with Crippen LogP contribution in [0.25, 0.3) is 0 Å². The molecule has 1 aromatic carbocycles.